The lowest BCUT2D eigenvalue weighted by atomic mass is 10.0. The molecule has 0 aliphatic carbocycles. The Morgan fingerprint density at radius 1 is 1.43 bits per heavy atom. The van der Waals surface area contributed by atoms with Crippen molar-refractivity contribution >= 4 is 27.5 Å². The lowest BCUT2D eigenvalue weighted by molar-refractivity contribution is 0.185. The van der Waals surface area contributed by atoms with E-state index >= 15 is 0 Å². The topological polar surface area (TPSA) is 60.2 Å². The van der Waals surface area contributed by atoms with Crippen LogP contribution in [0.4, 0.5) is 0 Å². The van der Waals surface area contributed by atoms with Gasteiger partial charge in [-0.1, -0.05) is 23.7 Å². The van der Waals surface area contributed by atoms with Gasteiger partial charge in [-0.15, -0.1) is 0 Å². The molecule has 112 valence electrons. The summed E-state index contributed by atoms with van der Waals surface area (Å²) in [6.07, 6.45) is 0. The van der Waals surface area contributed by atoms with E-state index in [-0.39, 0.29) is 12.0 Å². The third kappa shape index (κ3) is 3.13. The molecule has 21 heavy (non-hydrogen) atoms. The second-order valence-electron chi connectivity index (χ2n) is 4.89. The SMILES string of the molecule is CCNC1COCC1c1nc(-c2ccc(Cl)c(Br)c2)no1. The van der Waals surface area contributed by atoms with Crippen molar-refractivity contribution in [1.82, 2.24) is 15.5 Å². The van der Waals surface area contributed by atoms with Crippen molar-refractivity contribution in [2.24, 2.45) is 0 Å². The van der Waals surface area contributed by atoms with Gasteiger partial charge in [0.05, 0.1) is 24.2 Å². The number of nitrogens with one attached hydrogen (secondary N) is 1. The fourth-order valence-electron chi connectivity index (χ4n) is 2.40. The smallest absolute Gasteiger partial charge is 0.234 e. The van der Waals surface area contributed by atoms with Gasteiger partial charge in [-0.3, -0.25) is 0 Å². The maximum absolute atomic E-state index is 5.99. The van der Waals surface area contributed by atoms with E-state index in [1.165, 1.54) is 0 Å². The highest BCUT2D eigenvalue weighted by atomic mass is 79.9. The van der Waals surface area contributed by atoms with Crippen LogP contribution in [-0.4, -0.2) is 35.9 Å². The zero-order valence-electron chi connectivity index (χ0n) is 11.5. The Morgan fingerprint density at radius 3 is 3.05 bits per heavy atom. The first kappa shape index (κ1) is 15.0. The Hall–Kier alpha value is -0.950. The van der Waals surface area contributed by atoms with Gasteiger partial charge in [0.25, 0.3) is 0 Å². The number of nitrogens with zero attached hydrogens (tertiary/aromatic N) is 2. The third-order valence-electron chi connectivity index (χ3n) is 3.48. The predicted octanol–water partition coefficient (Wildman–Crippen LogP) is 3.24. The first-order valence-corrected chi connectivity index (χ1v) is 7.96. The molecule has 0 saturated carbocycles. The molecule has 0 amide bonds. The minimum Gasteiger partial charge on any atom is -0.379 e. The van der Waals surface area contributed by atoms with Crippen molar-refractivity contribution in [3.63, 3.8) is 0 Å². The molecule has 2 atom stereocenters. The zero-order chi connectivity index (χ0) is 14.8. The minimum absolute atomic E-state index is 0.0990. The average molecular weight is 373 g/mol. The summed E-state index contributed by atoms with van der Waals surface area (Å²) in [5.41, 5.74) is 0.861. The van der Waals surface area contributed by atoms with Gasteiger partial charge >= 0.3 is 0 Å². The van der Waals surface area contributed by atoms with E-state index in [9.17, 15) is 0 Å². The van der Waals surface area contributed by atoms with Crippen LogP contribution in [0.3, 0.4) is 0 Å². The number of benzene rings is 1. The van der Waals surface area contributed by atoms with Crippen molar-refractivity contribution in [3.05, 3.63) is 33.6 Å². The summed E-state index contributed by atoms with van der Waals surface area (Å²) in [7, 11) is 0. The van der Waals surface area contributed by atoms with E-state index in [1.54, 1.807) is 6.07 Å². The zero-order valence-corrected chi connectivity index (χ0v) is 13.8. The number of rotatable bonds is 4. The summed E-state index contributed by atoms with van der Waals surface area (Å²) in [6.45, 7) is 4.22. The molecule has 0 spiro atoms. The highest BCUT2D eigenvalue weighted by Crippen LogP contribution is 2.30. The molecular weight excluding hydrogens is 358 g/mol. The molecular formula is C14H15BrClN3O2. The van der Waals surface area contributed by atoms with E-state index < -0.39 is 0 Å². The molecule has 1 aromatic carbocycles. The molecule has 1 aliphatic rings. The second-order valence-corrected chi connectivity index (χ2v) is 6.15. The minimum atomic E-state index is 0.0990. The van der Waals surface area contributed by atoms with Gasteiger partial charge in [0, 0.05) is 16.1 Å². The van der Waals surface area contributed by atoms with Gasteiger partial charge in [0.2, 0.25) is 11.7 Å². The number of halogens is 2. The lowest BCUT2D eigenvalue weighted by Gasteiger charge is -2.13. The first-order chi connectivity index (χ1) is 10.2. The van der Waals surface area contributed by atoms with Crippen LogP contribution < -0.4 is 5.32 Å². The molecule has 0 bridgehead atoms. The van der Waals surface area contributed by atoms with Crippen LogP contribution in [-0.2, 0) is 4.74 Å². The highest BCUT2D eigenvalue weighted by Gasteiger charge is 2.33. The summed E-state index contributed by atoms with van der Waals surface area (Å²) in [5, 5.41) is 8.10. The molecule has 5 nitrogen and oxygen atoms in total. The van der Waals surface area contributed by atoms with Crippen LogP contribution >= 0.6 is 27.5 Å². The van der Waals surface area contributed by atoms with Gasteiger partial charge in [-0.2, -0.15) is 4.98 Å². The van der Waals surface area contributed by atoms with Crippen molar-refractivity contribution in [2.45, 2.75) is 18.9 Å². The Morgan fingerprint density at radius 2 is 2.29 bits per heavy atom. The Labute approximate surface area is 136 Å². The van der Waals surface area contributed by atoms with Crippen molar-refractivity contribution in [2.75, 3.05) is 19.8 Å². The molecule has 1 saturated heterocycles. The summed E-state index contributed by atoms with van der Waals surface area (Å²) >= 11 is 9.39. The van der Waals surface area contributed by atoms with Crippen LogP contribution in [0, 0.1) is 0 Å². The molecule has 1 fully saturated rings. The average Bonchev–Trinajstić information content (AvgIpc) is 3.10. The van der Waals surface area contributed by atoms with Gasteiger partial charge < -0.3 is 14.6 Å². The number of aromatic nitrogens is 2. The molecule has 2 heterocycles. The normalized spacial score (nSPS) is 21.9. The fourth-order valence-corrected chi connectivity index (χ4v) is 2.90. The molecule has 2 aromatic rings. The molecule has 2 unspecified atom stereocenters. The molecule has 1 aromatic heterocycles. The number of hydrogen-bond donors (Lipinski definition) is 1. The van der Waals surface area contributed by atoms with E-state index in [0.29, 0.717) is 30.0 Å². The van der Waals surface area contributed by atoms with E-state index in [1.807, 2.05) is 12.1 Å². The van der Waals surface area contributed by atoms with Crippen LogP contribution in [0.2, 0.25) is 5.02 Å². The van der Waals surface area contributed by atoms with Gasteiger partial charge in [-0.05, 0) is 40.7 Å². The van der Waals surface area contributed by atoms with Crippen molar-refractivity contribution in [3.8, 4) is 11.4 Å². The molecule has 7 heteroatoms. The maximum atomic E-state index is 5.99. The molecule has 1 aliphatic heterocycles. The van der Waals surface area contributed by atoms with Crippen LogP contribution in [0.1, 0.15) is 18.7 Å². The van der Waals surface area contributed by atoms with Gasteiger partial charge in [0.15, 0.2) is 0 Å². The Kier molecular flexibility index (Phi) is 4.59. The van der Waals surface area contributed by atoms with E-state index in [0.717, 1.165) is 16.6 Å². The van der Waals surface area contributed by atoms with Gasteiger partial charge in [0.1, 0.15) is 0 Å². The molecule has 0 radical (unpaired) electrons. The lowest BCUT2D eigenvalue weighted by Crippen LogP contribution is -2.34. The fraction of sp³-hybridized carbons (Fsp3) is 0.429. The monoisotopic (exact) mass is 371 g/mol. The summed E-state index contributed by atoms with van der Waals surface area (Å²) < 4.78 is 11.7. The molecule has 1 N–H and O–H groups in total. The van der Waals surface area contributed by atoms with Crippen LogP contribution in [0.15, 0.2) is 27.2 Å². The summed E-state index contributed by atoms with van der Waals surface area (Å²) in [4.78, 5) is 4.50. The second kappa shape index (κ2) is 6.44. The Balaban J connectivity index is 1.84. The quantitative estimate of drug-likeness (QED) is 0.893. The largest absolute Gasteiger partial charge is 0.379 e. The van der Waals surface area contributed by atoms with Crippen LogP contribution in [0.5, 0.6) is 0 Å². The number of likely N-dealkylation sites (N-methyl/N-ethyl adjacent to an activating group) is 1. The van der Waals surface area contributed by atoms with Crippen LogP contribution in [0.25, 0.3) is 11.4 Å². The first-order valence-electron chi connectivity index (χ1n) is 6.79. The summed E-state index contributed by atoms with van der Waals surface area (Å²) in [6, 6.07) is 5.77. The van der Waals surface area contributed by atoms with Crippen molar-refractivity contribution < 1.29 is 9.26 Å². The standard InChI is InChI=1S/C14H15BrClN3O2/c1-2-17-12-7-20-6-9(12)14-18-13(19-21-14)8-3-4-11(16)10(15)5-8/h3-5,9,12,17H,2,6-7H2,1H3. The number of hydrogen-bond acceptors (Lipinski definition) is 5. The van der Waals surface area contributed by atoms with E-state index in [2.05, 4.69) is 38.3 Å². The summed E-state index contributed by atoms with van der Waals surface area (Å²) in [5.74, 6) is 1.27. The maximum Gasteiger partial charge on any atom is 0.234 e. The van der Waals surface area contributed by atoms with Crippen molar-refractivity contribution in [1.29, 1.82) is 0 Å². The van der Waals surface area contributed by atoms with E-state index in [4.69, 9.17) is 20.9 Å². The Bertz CT molecular complexity index is 634. The van der Waals surface area contributed by atoms with Gasteiger partial charge in [-0.25, -0.2) is 0 Å². The predicted molar refractivity (Wildman–Crippen MR) is 83.5 cm³/mol. The highest BCUT2D eigenvalue weighted by molar-refractivity contribution is 9.10. The number of ether oxygens (including phenoxy) is 1. The molecule has 3 rings (SSSR count). The third-order valence-corrected chi connectivity index (χ3v) is 4.70.